The predicted molar refractivity (Wildman–Crippen MR) is 93.4 cm³/mol. The van der Waals surface area contributed by atoms with Crippen molar-refractivity contribution in [2.75, 3.05) is 19.7 Å². The van der Waals surface area contributed by atoms with Crippen molar-refractivity contribution < 1.29 is 18.7 Å². The van der Waals surface area contributed by atoms with Crippen LogP contribution < -0.4 is 5.32 Å². The van der Waals surface area contributed by atoms with E-state index in [1.807, 2.05) is 27.7 Å². The van der Waals surface area contributed by atoms with Crippen LogP contribution in [0, 0.1) is 6.92 Å². The molecule has 0 aromatic carbocycles. The summed E-state index contributed by atoms with van der Waals surface area (Å²) in [6, 6.07) is 0.0727. The number of carbonyl (C=O) groups excluding carboxylic acids is 2. The lowest BCUT2D eigenvalue weighted by Gasteiger charge is -2.31. The van der Waals surface area contributed by atoms with Gasteiger partial charge in [0.2, 0.25) is 5.91 Å². The summed E-state index contributed by atoms with van der Waals surface area (Å²) in [5, 5.41) is 3.03. The van der Waals surface area contributed by atoms with Crippen molar-refractivity contribution in [3.05, 3.63) is 17.3 Å². The number of likely N-dealkylation sites (tertiary alicyclic amines) is 1. The molecule has 7 nitrogen and oxygen atoms in total. The molecule has 1 N–H and O–H groups in total. The van der Waals surface area contributed by atoms with Crippen LogP contribution in [0.4, 0.5) is 4.79 Å². The normalized spacial score (nSPS) is 16.0. The molecule has 0 bridgehead atoms. The van der Waals surface area contributed by atoms with Gasteiger partial charge in [0.1, 0.15) is 5.76 Å². The lowest BCUT2D eigenvalue weighted by atomic mass is 9.97. The van der Waals surface area contributed by atoms with E-state index in [0.717, 1.165) is 18.5 Å². The van der Waals surface area contributed by atoms with Crippen molar-refractivity contribution in [3.8, 4) is 0 Å². The summed E-state index contributed by atoms with van der Waals surface area (Å²) in [7, 11) is 0. The van der Waals surface area contributed by atoms with Crippen LogP contribution in [0.3, 0.4) is 0 Å². The number of aryl methyl sites for hydroxylation is 1. The zero-order valence-corrected chi connectivity index (χ0v) is 15.8. The summed E-state index contributed by atoms with van der Waals surface area (Å²) >= 11 is 0. The number of rotatable bonds is 4. The first-order valence-corrected chi connectivity index (χ1v) is 8.88. The number of aromatic nitrogens is 1. The van der Waals surface area contributed by atoms with E-state index in [0.29, 0.717) is 31.3 Å². The summed E-state index contributed by atoms with van der Waals surface area (Å²) in [5.74, 6) is 1.19. The van der Waals surface area contributed by atoms with Crippen molar-refractivity contribution in [1.82, 2.24) is 15.2 Å². The number of amides is 2. The van der Waals surface area contributed by atoms with E-state index >= 15 is 0 Å². The number of oxazole rings is 1. The fourth-order valence-corrected chi connectivity index (χ4v) is 2.76. The lowest BCUT2D eigenvalue weighted by molar-refractivity contribution is -0.121. The third-order valence-electron chi connectivity index (χ3n) is 4.24. The van der Waals surface area contributed by atoms with Gasteiger partial charge in [-0.2, -0.15) is 0 Å². The molecular formula is C18H29N3O4. The molecule has 7 heteroatoms. The van der Waals surface area contributed by atoms with Crippen molar-refractivity contribution in [2.45, 2.75) is 65.3 Å². The van der Waals surface area contributed by atoms with Gasteiger partial charge >= 0.3 is 6.09 Å². The number of carbonyl (C=O) groups is 2. The van der Waals surface area contributed by atoms with Gasteiger partial charge < -0.3 is 19.4 Å². The van der Waals surface area contributed by atoms with Crippen LogP contribution in [0.5, 0.6) is 0 Å². The Balaban J connectivity index is 1.84. The largest absolute Gasteiger partial charge is 0.450 e. The van der Waals surface area contributed by atoms with Gasteiger partial charge in [0.05, 0.1) is 18.7 Å². The first kappa shape index (κ1) is 19.3. The van der Waals surface area contributed by atoms with Crippen LogP contribution in [0.2, 0.25) is 0 Å². The van der Waals surface area contributed by atoms with E-state index in [1.165, 1.54) is 0 Å². The van der Waals surface area contributed by atoms with Crippen molar-refractivity contribution in [2.24, 2.45) is 0 Å². The molecule has 1 aliphatic rings. The maximum Gasteiger partial charge on any atom is 0.409 e. The standard InChI is InChI=1S/C18H29N3O4/c1-6-24-17(23)21-9-7-13(8-10-21)20-15(22)11-14-12(2)19-16(25-14)18(3,4)5/h13H,6-11H2,1-5H3,(H,20,22). The maximum absolute atomic E-state index is 12.3. The van der Waals surface area contributed by atoms with E-state index < -0.39 is 0 Å². The minimum atomic E-state index is -0.278. The molecule has 1 aromatic rings. The molecule has 0 saturated carbocycles. The number of nitrogens with zero attached hydrogens (tertiary/aromatic N) is 2. The Hall–Kier alpha value is -2.05. The molecular weight excluding hydrogens is 322 g/mol. The zero-order valence-electron chi connectivity index (χ0n) is 15.8. The third kappa shape index (κ3) is 5.21. The van der Waals surface area contributed by atoms with Crippen LogP contribution in [0.25, 0.3) is 0 Å². The average molecular weight is 351 g/mol. The van der Waals surface area contributed by atoms with Crippen LogP contribution >= 0.6 is 0 Å². The Morgan fingerprint density at radius 1 is 1.32 bits per heavy atom. The summed E-state index contributed by atoms with van der Waals surface area (Å²) in [6.07, 6.45) is 1.37. The average Bonchev–Trinajstić information content (AvgIpc) is 2.89. The molecule has 25 heavy (non-hydrogen) atoms. The Labute approximate surface area is 149 Å². The number of piperidine rings is 1. The summed E-state index contributed by atoms with van der Waals surface area (Å²) < 4.78 is 10.8. The van der Waals surface area contributed by atoms with E-state index in [-0.39, 0.29) is 29.9 Å². The molecule has 0 atom stereocenters. The molecule has 0 aliphatic carbocycles. The van der Waals surface area contributed by atoms with Crippen LogP contribution in [0.1, 0.15) is 57.9 Å². The van der Waals surface area contributed by atoms with E-state index in [1.54, 1.807) is 11.8 Å². The lowest BCUT2D eigenvalue weighted by Crippen LogP contribution is -2.47. The molecule has 0 unspecified atom stereocenters. The second-order valence-corrected chi connectivity index (χ2v) is 7.48. The van der Waals surface area contributed by atoms with Gasteiger partial charge in [0.15, 0.2) is 5.89 Å². The highest BCUT2D eigenvalue weighted by Crippen LogP contribution is 2.24. The van der Waals surface area contributed by atoms with Gasteiger partial charge in [-0.15, -0.1) is 0 Å². The van der Waals surface area contributed by atoms with Crippen molar-refractivity contribution >= 4 is 12.0 Å². The molecule has 1 fully saturated rings. The van der Waals surface area contributed by atoms with Crippen LogP contribution in [-0.2, 0) is 21.4 Å². The molecule has 2 rings (SSSR count). The molecule has 0 spiro atoms. The van der Waals surface area contributed by atoms with Crippen LogP contribution in [0.15, 0.2) is 4.42 Å². The van der Waals surface area contributed by atoms with Gasteiger partial charge in [-0.3, -0.25) is 4.79 Å². The summed E-state index contributed by atoms with van der Waals surface area (Å²) in [6.45, 7) is 11.3. The van der Waals surface area contributed by atoms with Gasteiger partial charge in [-0.05, 0) is 26.7 Å². The monoisotopic (exact) mass is 351 g/mol. The van der Waals surface area contributed by atoms with E-state index in [2.05, 4.69) is 10.3 Å². The second-order valence-electron chi connectivity index (χ2n) is 7.48. The van der Waals surface area contributed by atoms with E-state index in [4.69, 9.17) is 9.15 Å². The number of hydrogen-bond acceptors (Lipinski definition) is 5. The SMILES string of the molecule is CCOC(=O)N1CCC(NC(=O)Cc2oc(C(C)(C)C)nc2C)CC1. The Kier molecular flexibility index (Phi) is 6.08. The Morgan fingerprint density at radius 3 is 2.48 bits per heavy atom. The summed E-state index contributed by atoms with van der Waals surface area (Å²) in [4.78, 5) is 30.1. The molecule has 1 saturated heterocycles. The Bertz CT molecular complexity index is 610. The number of nitrogens with one attached hydrogen (secondary N) is 1. The predicted octanol–water partition coefficient (Wildman–Crippen LogP) is 2.56. The highest BCUT2D eigenvalue weighted by molar-refractivity contribution is 5.78. The van der Waals surface area contributed by atoms with Crippen molar-refractivity contribution in [3.63, 3.8) is 0 Å². The van der Waals surface area contributed by atoms with Gasteiger partial charge in [0, 0.05) is 24.5 Å². The number of hydrogen-bond donors (Lipinski definition) is 1. The first-order chi connectivity index (χ1) is 11.7. The van der Waals surface area contributed by atoms with Crippen molar-refractivity contribution in [1.29, 1.82) is 0 Å². The second kappa shape index (κ2) is 7.89. The molecule has 1 aromatic heterocycles. The van der Waals surface area contributed by atoms with Crippen LogP contribution in [-0.4, -0.2) is 47.6 Å². The fraction of sp³-hybridized carbons (Fsp3) is 0.722. The molecule has 2 heterocycles. The van der Waals surface area contributed by atoms with Gasteiger partial charge in [-0.1, -0.05) is 20.8 Å². The zero-order chi connectivity index (χ0) is 18.6. The fourth-order valence-electron chi connectivity index (χ4n) is 2.76. The molecule has 2 amide bonds. The maximum atomic E-state index is 12.3. The molecule has 140 valence electrons. The van der Waals surface area contributed by atoms with Gasteiger partial charge in [0.25, 0.3) is 0 Å². The smallest absolute Gasteiger partial charge is 0.409 e. The van der Waals surface area contributed by atoms with Gasteiger partial charge in [-0.25, -0.2) is 9.78 Å². The number of ether oxygens (including phenoxy) is 1. The molecule has 1 aliphatic heterocycles. The minimum absolute atomic E-state index is 0.0727. The topological polar surface area (TPSA) is 84.7 Å². The highest BCUT2D eigenvalue weighted by atomic mass is 16.6. The minimum Gasteiger partial charge on any atom is -0.450 e. The Morgan fingerprint density at radius 2 is 1.96 bits per heavy atom. The highest BCUT2D eigenvalue weighted by Gasteiger charge is 2.26. The quantitative estimate of drug-likeness (QED) is 0.901. The third-order valence-corrected chi connectivity index (χ3v) is 4.24. The summed E-state index contributed by atoms with van der Waals surface area (Å²) in [5.41, 5.74) is 0.580. The first-order valence-electron chi connectivity index (χ1n) is 8.88. The molecule has 0 radical (unpaired) electrons. The van der Waals surface area contributed by atoms with E-state index in [9.17, 15) is 9.59 Å².